The number of nitrogens with zero attached hydrogens (tertiary/aromatic N) is 2. The number of hydrogen-bond acceptors (Lipinski definition) is 2. The lowest BCUT2D eigenvalue weighted by molar-refractivity contribution is 0.582. The van der Waals surface area contributed by atoms with Crippen LogP contribution in [0.1, 0.15) is 12.8 Å². The van der Waals surface area contributed by atoms with Crippen LogP contribution in [0.3, 0.4) is 0 Å². The van der Waals surface area contributed by atoms with Crippen LogP contribution in [0.5, 0.6) is 0 Å². The van der Waals surface area contributed by atoms with Crippen LogP contribution >= 0.6 is 15.9 Å². The normalized spacial score (nSPS) is 10.8. The van der Waals surface area contributed by atoms with Crippen molar-refractivity contribution < 1.29 is 0 Å². The van der Waals surface area contributed by atoms with Gasteiger partial charge in [0.25, 0.3) is 0 Å². The molecule has 2 aromatic rings. The number of aromatic nitrogens is 2. The van der Waals surface area contributed by atoms with Crippen molar-refractivity contribution in [3.63, 3.8) is 0 Å². The first-order valence-electron chi connectivity index (χ1n) is 5.34. The molecular weight excluding hydrogens is 268 g/mol. The Bertz CT molecular complexity index is 536. The minimum absolute atomic E-state index is 0.00709. The van der Waals surface area contributed by atoms with Crippen molar-refractivity contribution in [1.82, 2.24) is 9.78 Å². The number of rotatable bonds is 4. The second-order valence-electron chi connectivity index (χ2n) is 3.65. The number of unbranched alkanes of at least 4 members (excludes halogenated alkanes) is 1. The highest BCUT2D eigenvalue weighted by atomic mass is 79.9. The van der Waals surface area contributed by atoms with Gasteiger partial charge in [0, 0.05) is 17.3 Å². The fourth-order valence-electron chi connectivity index (χ4n) is 1.70. The Hall–Kier alpha value is -1.16. The molecule has 0 bridgehead atoms. The van der Waals surface area contributed by atoms with Gasteiger partial charge in [-0.15, -0.1) is 0 Å². The van der Waals surface area contributed by atoms with Crippen LogP contribution in [0.25, 0.3) is 10.9 Å². The molecule has 0 aliphatic rings. The molecule has 0 fully saturated rings. The molecule has 1 heterocycles. The largest absolute Gasteiger partial charge is 0.287 e. The molecule has 0 saturated carbocycles. The monoisotopic (exact) mass is 280 g/mol. The standard InChI is InChI=1S/C12H13BrN2O/c13-7-3-4-8-15-11-6-2-1-5-10(11)12(16)9-14-15/h1-2,5-6,9H,3-4,7-8H2. The number of para-hydroxylation sites is 1. The molecule has 0 spiro atoms. The smallest absolute Gasteiger partial charge is 0.207 e. The second kappa shape index (κ2) is 5.25. The average Bonchev–Trinajstić information content (AvgIpc) is 2.33. The van der Waals surface area contributed by atoms with E-state index in [9.17, 15) is 4.79 Å². The van der Waals surface area contributed by atoms with E-state index in [0.29, 0.717) is 0 Å². The lowest BCUT2D eigenvalue weighted by Crippen LogP contribution is -2.12. The van der Waals surface area contributed by atoms with E-state index in [1.54, 1.807) is 0 Å². The van der Waals surface area contributed by atoms with Crippen molar-refractivity contribution in [2.45, 2.75) is 19.4 Å². The zero-order valence-electron chi connectivity index (χ0n) is 8.90. The van der Waals surface area contributed by atoms with Crippen LogP contribution in [0.4, 0.5) is 0 Å². The number of benzene rings is 1. The Morgan fingerprint density at radius 2 is 2.06 bits per heavy atom. The summed E-state index contributed by atoms with van der Waals surface area (Å²) in [6.07, 6.45) is 3.57. The third-order valence-electron chi connectivity index (χ3n) is 2.52. The number of aryl methyl sites for hydroxylation is 1. The Balaban J connectivity index is 2.38. The van der Waals surface area contributed by atoms with Gasteiger partial charge in [-0.2, -0.15) is 5.10 Å². The van der Waals surface area contributed by atoms with Crippen molar-refractivity contribution in [2.75, 3.05) is 5.33 Å². The number of hydrogen-bond donors (Lipinski definition) is 0. The molecule has 0 amide bonds. The van der Waals surface area contributed by atoms with E-state index in [4.69, 9.17) is 0 Å². The third kappa shape index (κ3) is 2.32. The fourth-order valence-corrected chi connectivity index (χ4v) is 2.09. The summed E-state index contributed by atoms with van der Waals surface area (Å²) in [7, 11) is 0. The van der Waals surface area contributed by atoms with Crippen LogP contribution < -0.4 is 5.43 Å². The molecule has 4 heteroatoms. The lowest BCUT2D eigenvalue weighted by atomic mass is 10.2. The van der Waals surface area contributed by atoms with Gasteiger partial charge in [0.15, 0.2) is 0 Å². The Morgan fingerprint density at radius 3 is 2.88 bits per heavy atom. The highest BCUT2D eigenvalue weighted by molar-refractivity contribution is 9.09. The van der Waals surface area contributed by atoms with E-state index >= 15 is 0 Å². The molecule has 2 rings (SSSR count). The number of fused-ring (bicyclic) bond motifs is 1. The van der Waals surface area contributed by atoms with Crippen molar-refractivity contribution in [1.29, 1.82) is 0 Å². The Morgan fingerprint density at radius 1 is 1.25 bits per heavy atom. The minimum atomic E-state index is -0.00709. The molecule has 0 atom stereocenters. The van der Waals surface area contributed by atoms with Gasteiger partial charge in [0.2, 0.25) is 5.43 Å². The molecule has 0 radical (unpaired) electrons. The van der Waals surface area contributed by atoms with E-state index in [2.05, 4.69) is 21.0 Å². The first-order valence-corrected chi connectivity index (χ1v) is 6.46. The van der Waals surface area contributed by atoms with Gasteiger partial charge in [-0.1, -0.05) is 28.1 Å². The quantitative estimate of drug-likeness (QED) is 0.637. The molecule has 0 aliphatic carbocycles. The molecule has 0 unspecified atom stereocenters. The predicted molar refractivity (Wildman–Crippen MR) is 69.0 cm³/mol. The maximum absolute atomic E-state index is 11.6. The zero-order chi connectivity index (χ0) is 11.4. The van der Waals surface area contributed by atoms with Crippen LogP contribution in [-0.2, 0) is 6.54 Å². The van der Waals surface area contributed by atoms with Crippen LogP contribution in [-0.4, -0.2) is 15.1 Å². The molecule has 0 aliphatic heterocycles. The predicted octanol–water partition coefficient (Wildman–Crippen LogP) is 2.57. The molecule has 16 heavy (non-hydrogen) atoms. The van der Waals surface area contributed by atoms with Crippen LogP contribution in [0.2, 0.25) is 0 Å². The first-order chi connectivity index (χ1) is 7.83. The minimum Gasteiger partial charge on any atom is -0.287 e. The van der Waals surface area contributed by atoms with Crippen LogP contribution in [0, 0.1) is 0 Å². The first kappa shape index (κ1) is 11.3. The summed E-state index contributed by atoms with van der Waals surface area (Å²) in [4.78, 5) is 11.6. The molecule has 1 aromatic heterocycles. The summed E-state index contributed by atoms with van der Waals surface area (Å²) >= 11 is 3.40. The van der Waals surface area contributed by atoms with Gasteiger partial charge in [0.1, 0.15) is 0 Å². The summed E-state index contributed by atoms with van der Waals surface area (Å²) in [5.41, 5.74) is 0.914. The summed E-state index contributed by atoms with van der Waals surface area (Å²) < 4.78 is 1.90. The van der Waals surface area contributed by atoms with Gasteiger partial charge >= 0.3 is 0 Å². The summed E-state index contributed by atoms with van der Waals surface area (Å²) in [5, 5.41) is 5.92. The Kier molecular flexibility index (Phi) is 3.72. The van der Waals surface area contributed by atoms with E-state index in [1.165, 1.54) is 6.20 Å². The topological polar surface area (TPSA) is 34.9 Å². The van der Waals surface area contributed by atoms with Gasteiger partial charge < -0.3 is 0 Å². The Labute approximate surface area is 102 Å². The van der Waals surface area contributed by atoms with Crippen molar-refractivity contribution in [2.24, 2.45) is 0 Å². The average molecular weight is 281 g/mol. The third-order valence-corrected chi connectivity index (χ3v) is 3.08. The second-order valence-corrected chi connectivity index (χ2v) is 4.44. The maximum atomic E-state index is 11.6. The molecule has 84 valence electrons. The molecule has 3 nitrogen and oxygen atoms in total. The zero-order valence-corrected chi connectivity index (χ0v) is 10.5. The number of halogens is 1. The van der Waals surface area contributed by atoms with E-state index < -0.39 is 0 Å². The summed E-state index contributed by atoms with van der Waals surface area (Å²) in [5.74, 6) is 0. The summed E-state index contributed by atoms with van der Waals surface area (Å²) in [6.45, 7) is 0.854. The van der Waals surface area contributed by atoms with Gasteiger partial charge in [-0.3, -0.25) is 9.48 Å². The molecular formula is C12H13BrN2O. The van der Waals surface area contributed by atoms with E-state index in [0.717, 1.165) is 35.6 Å². The molecule has 0 N–H and O–H groups in total. The van der Waals surface area contributed by atoms with Crippen molar-refractivity contribution in [3.05, 3.63) is 40.7 Å². The molecule has 0 saturated heterocycles. The maximum Gasteiger partial charge on any atom is 0.207 e. The SMILES string of the molecule is O=c1cnn(CCCCBr)c2ccccc12. The summed E-state index contributed by atoms with van der Waals surface area (Å²) in [6, 6.07) is 7.61. The van der Waals surface area contributed by atoms with Crippen LogP contribution in [0.15, 0.2) is 35.3 Å². The molecule has 1 aromatic carbocycles. The van der Waals surface area contributed by atoms with Gasteiger partial charge in [-0.05, 0) is 25.0 Å². The van der Waals surface area contributed by atoms with Crippen molar-refractivity contribution >= 4 is 26.8 Å². The van der Waals surface area contributed by atoms with E-state index in [-0.39, 0.29) is 5.43 Å². The van der Waals surface area contributed by atoms with Gasteiger partial charge in [0.05, 0.1) is 11.7 Å². The van der Waals surface area contributed by atoms with Gasteiger partial charge in [-0.25, -0.2) is 0 Å². The van der Waals surface area contributed by atoms with Crippen molar-refractivity contribution in [3.8, 4) is 0 Å². The number of alkyl halides is 1. The fraction of sp³-hybridized carbons (Fsp3) is 0.333. The van der Waals surface area contributed by atoms with E-state index in [1.807, 2.05) is 28.9 Å². The highest BCUT2D eigenvalue weighted by Gasteiger charge is 2.02. The highest BCUT2D eigenvalue weighted by Crippen LogP contribution is 2.09. The lowest BCUT2D eigenvalue weighted by Gasteiger charge is -2.08.